The summed E-state index contributed by atoms with van der Waals surface area (Å²) in [5.41, 5.74) is 2.70. The number of non-ortho nitro benzene ring substituents is 1. The zero-order valence-electron chi connectivity index (χ0n) is 13.9. The van der Waals surface area contributed by atoms with Crippen molar-refractivity contribution in [3.05, 3.63) is 64.0 Å². The van der Waals surface area contributed by atoms with Crippen LogP contribution in [0.3, 0.4) is 0 Å². The number of oxazole rings is 1. The molecule has 3 aromatic rings. The summed E-state index contributed by atoms with van der Waals surface area (Å²) in [5, 5.41) is 13.4. The Labute approximate surface area is 143 Å². The number of aromatic nitrogens is 1. The first kappa shape index (κ1) is 16.6. The zero-order chi connectivity index (χ0) is 18.0. The Morgan fingerprint density at radius 3 is 2.60 bits per heavy atom. The number of nitrogens with one attached hydrogen (secondary N) is 1. The number of hydrogen-bond acceptors (Lipinski definition) is 5. The van der Waals surface area contributed by atoms with Gasteiger partial charge in [0.15, 0.2) is 11.5 Å². The highest BCUT2D eigenvalue weighted by Crippen LogP contribution is 2.24. The van der Waals surface area contributed by atoms with Gasteiger partial charge in [0, 0.05) is 23.7 Å². The molecule has 0 fully saturated rings. The Hall–Kier alpha value is -3.22. The standard InChI is InChI=1S/C18H17N3O4/c1-11(2)18-20-15-10-13(5-8-16(15)25-18)19-17(22)9-12-3-6-14(7-4-12)21(23)24/h3-8,10-11H,9H2,1-2H3,(H,19,22). The molecule has 0 saturated carbocycles. The second kappa shape index (κ2) is 6.72. The van der Waals surface area contributed by atoms with Gasteiger partial charge >= 0.3 is 0 Å². The largest absolute Gasteiger partial charge is 0.440 e. The lowest BCUT2D eigenvalue weighted by atomic mass is 10.1. The van der Waals surface area contributed by atoms with Gasteiger partial charge < -0.3 is 9.73 Å². The Bertz CT molecular complexity index is 929. The molecule has 2 aromatic carbocycles. The number of nitro benzene ring substituents is 1. The molecule has 1 amide bonds. The molecule has 0 aliphatic carbocycles. The van der Waals surface area contributed by atoms with E-state index >= 15 is 0 Å². The van der Waals surface area contributed by atoms with Crippen LogP contribution in [0, 0.1) is 10.1 Å². The van der Waals surface area contributed by atoms with E-state index in [1.54, 1.807) is 30.3 Å². The summed E-state index contributed by atoms with van der Waals surface area (Å²) >= 11 is 0. The summed E-state index contributed by atoms with van der Waals surface area (Å²) in [5.74, 6) is 0.637. The fraction of sp³-hybridized carbons (Fsp3) is 0.222. The first-order valence-corrected chi connectivity index (χ1v) is 7.86. The maximum absolute atomic E-state index is 12.2. The lowest BCUT2D eigenvalue weighted by Crippen LogP contribution is -2.14. The van der Waals surface area contributed by atoms with Gasteiger partial charge in [0.1, 0.15) is 5.52 Å². The van der Waals surface area contributed by atoms with E-state index < -0.39 is 4.92 Å². The van der Waals surface area contributed by atoms with Crippen molar-refractivity contribution in [2.75, 3.05) is 5.32 Å². The number of carbonyl (C=O) groups is 1. The first-order valence-electron chi connectivity index (χ1n) is 7.86. The minimum atomic E-state index is -0.470. The van der Waals surface area contributed by atoms with Gasteiger partial charge in [-0.2, -0.15) is 0 Å². The second-order valence-corrected chi connectivity index (χ2v) is 6.04. The predicted molar refractivity (Wildman–Crippen MR) is 93.5 cm³/mol. The predicted octanol–water partition coefficient (Wildman–Crippen LogP) is 4.04. The van der Waals surface area contributed by atoms with E-state index in [2.05, 4.69) is 10.3 Å². The molecule has 0 bridgehead atoms. The highest BCUT2D eigenvalue weighted by atomic mass is 16.6. The van der Waals surface area contributed by atoms with Gasteiger partial charge in [-0.25, -0.2) is 4.98 Å². The van der Waals surface area contributed by atoms with E-state index in [0.29, 0.717) is 28.2 Å². The first-order chi connectivity index (χ1) is 11.9. The third kappa shape index (κ3) is 3.82. The number of benzene rings is 2. The van der Waals surface area contributed by atoms with Crippen LogP contribution in [0.25, 0.3) is 11.1 Å². The van der Waals surface area contributed by atoms with Gasteiger partial charge in [0.05, 0.1) is 11.3 Å². The van der Waals surface area contributed by atoms with Gasteiger partial charge in [-0.1, -0.05) is 26.0 Å². The van der Waals surface area contributed by atoms with Crippen molar-refractivity contribution in [3.8, 4) is 0 Å². The lowest BCUT2D eigenvalue weighted by Gasteiger charge is -2.05. The molecular weight excluding hydrogens is 322 g/mol. The molecule has 0 unspecified atom stereocenters. The molecule has 0 spiro atoms. The average Bonchev–Trinajstić information content (AvgIpc) is 2.99. The van der Waals surface area contributed by atoms with Crippen LogP contribution in [-0.2, 0) is 11.2 Å². The number of carbonyl (C=O) groups excluding carboxylic acids is 1. The average molecular weight is 339 g/mol. The molecular formula is C18H17N3O4. The number of nitrogens with zero attached hydrogens (tertiary/aromatic N) is 2. The molecule has 3 rings (SSSR count). The highest BCUT2D eigenvalue weighted by molar-refractivity contribution is 5.94. The topological polar surface area (TPSA) is 98.3 Å². The summed E-state index contributed by atoms with van der Waals surface area (Å²) in [7, 11) is 0. The minimum Gasteiger partial charge on any atom is -0.440 e. The van der Waals surface area contributed by atoms with Gasteiger partial charge in [-0.15, -0.1) is 0 Å². The van der Waals surface area contributed by atoms with Crippen LogP contribution < -0.4 is 5.32 Å². The third-order valence-electron chi connectivity index (χ3n) is 3.69. The Morgan fingerprint density at radius 2 is 1.96 bits per heavy atom. The van der Waals surface area contributed by atoms with Crippen molar-refractivity contribution >= 4 is 28.4 Å². The Balaban J connectivity index is 1.69. The van der Waals surface area contributed by atoms with E-state index in [-0.39, 0.29) is 23.9 Å². The van der Waals surface area contributed by atoms with Crippen LogP contribution in [0.4, 0.5) is 11.4 Å². The molecule has 0 saturated heterocycles. The molecule has 0 aliphatic heterocycles. The highest BCUT2D eigenvalue weighted by Gasteiger charge is 2.11. The molecule has 1 aromatic heterocycles. The number of amides is 1. The number of hydrogen-bond donors (Lipinski definition) is 1. The third-order valence-corrected chi connectivity index (χ3v) is 3.69. The van der Waals surface area contributed by atoms with Gasteiger partial charge in [-0.3, -0.25) is 14.9 Å². The summed E-state index contributed by atoms with van der Waals surface area (Å²) in [6, 6.07) is 11.2. The van der Waals surface area contributed by atoms with Crippen molar-refractivity contribution in [3.63, 3.8) is 0 Å². The molecule has 128 valence electrons. The van der Waals surface area contributed by atoms with Crippen LogP contribution in [0.1, 0.15) is 31.2 Å². The Morgan fingerprint density at radius 1 is 1.24 bits per heavy atom. The van der Waals surface area contributed by atoms with Crippen LogP contribution in [0.2, 0.25) is 0 Å². The van der Waals surface area contributed by atoms with Crippen molar-refractivity contribution in [1.82, 2.24) is 4.98 Å². The number of fused-ring (bicyclic) bond motifs is 1. The fourth-order valence-electron chi connectivity index (χ4n) is 2.40. The monoisotopic (exact) mass is 339 g/mol. The minimum absolute atomic E-state index is 0.00148. The molecule has 1 N–H and O–H groups in total. The van der Waals surface area contributed by atoms with Crippen LogP contribution in [-0.4, -0.2) is 15.8 Å². The van der Waals surface area contributed by atoms with E-state index in [0.717, 1.165) is 0 Å². The number of anilines is 1. The maximum Gasteiger partial charge on any atom is 0.269 e. The molecule has 0 atom stereocenters. The van der Waals surface area contributed by atoms with Crippen molar-refractivity contribution in [2.45, 2.75) is 26.2 Å². The second-order valence-electron chi connectivity index (χ2n) is 6.04. The van der Waals surface area contributed by atoms with Gasteiger partial charge in [-0.05, 0) is 23.8 Å². The van der Waals surface area contributed by atoms with Crippen LogP contribution in [0.15, 0.2) is 46.9 Å². The van der Waals surface area contributed by atoms with E-state index in [4.69, 9.17) is 4.42 Å². The Kier molecular flexibility index (Phi) is 4.47. The molecule has 1 heterocycles. The summed E-state index contributed by atoms with van der Waals surface area (Å²) < 4.78 is 5.64. The number of nitro groups is 1. The van der Waals surface area contributed by atoms with Crippen LogP contribution in [0.5, 0.6) is 0 Å². The van der Waals surface area contributed by atoms with E-state index in [1.165, 1.54) is 12.1 Å². The van der Waals surface area contributed by atoms with Crippen molar-refractivity contribution < 1.29 is 14.1 Å². The smallest absolute Gasteiger partial charge is 0.269 e. The summed E-state index contributed by atoms with van der Waals surface area (Å²) in [4.78, 5) is 26.7. The summed E-state index contributed by atoms with van der Waals surface area (Å²) in [6.45, 7) is 4.00. The lowest BCUT2D eigenvalue weighted by molar-refractivity contribution is -0.384. The molecule has 0 radical (unpaired) electrons. The molecule has 25 heavy (non-hydrogen) atoms. The molecule has 7 nitrogen and oxygen atoms in total. The van der Waals surface area contributed by atoms with Crippen LogP contribution >= 0.6 is 0 Å². The van der Waals surface area contributed by atoms with Crippen molar-refractivity contribution in [2.24, 2.45) is 0 Å². The maximum atomic E-state index is 12.2. The number of rotatable bonds is 5. The SMILES string of the molecule is CC(C)c1nc2cc(NC(=O)Cc3ccc([N+](=O)[O-])cc3)ccc2o1. The van der Waals surface area contributed by atoms with Gasteiger partial charge in [0.25, 0.3) is 5.69 Å². The quantitative estimate of drug-likeness (QED) is 0.559. The fourth-order valence-corrected chi connectivity index (χ4v) is 2.40. The van der Waals surface area contributed by atoms with Crippen molar-refractivity contribution in [1.29, 1.82) is 0 Å². The van der Waals surface area contributed by atoms with E-state index in [1.807, 2.05) is 13.8 Å². The van der Waals surface area contributed by atoms with E-state index in [9.17, 15) is 14.9 Å². The molecule has 0 aliphatic rings. The van der Waals surface area contributed by atoms with Gasteiger partial charge in [0.2, 0.25) is 5.91 Å². The molecule has 7 heteroatoms. The normalized spacial score (nSPS) is 11.0. The summed E-state index contributed by atoms with van der Waals surface area (Å²) in [6.07, 6.45) is 0.131. The zero-order valence-corrected chi connectivity index (χ0v) is 13.9.